The zero-order valence-electron chi connectivity index (χ0n) is 10.2. The van der Waals surface area contributed by atoms with E-state index >= 15 is 0 Å². The second-order valence-electron chi connectivity index (χ2n) is 5.01. The molecule has 3 aliphatic rings. The summed E-state index contributed by atoms with van der Waals surface area (Å²) in [5, 5.41) is 27.6. The summed E-state index contributed by atoms with van der Waals surface area (Å²) in [4.78, 5) is 19.9. The molecule has 0 saturated heterocycles. The van der Waals surface area contributed by atoms with Crippen molar-refractivity contribution in [3.8, 4) is 0 Å². The number of aliphatic hydroxyl groups excluding tert-OH is 1. The van der Waals surface area contributed by atoms with Crippen molar-refractivity contribution in [3.05, 3.63) is 39.9 Å². The molecule has 2 bridgehead atoms. The van der Waals surface area contributed by atoms with Crippen molar-refractivity contribution in [2.75, 3.05) is 0 Å². The van der Waals surface area contributed by atoms with Gasteiger partial charge in [-0.3, -0.25) is 10.1 Å². The highest BCUT2D eigenvalue weighted by molar-refractivity contribution is 5.87. The maximum Gasteiger partial charge on any atom is 0.335 e. The number of hydrogen-bond acceptors (Lipinski definition) is 4. The second-order valence-corrected chi connectivity index (χ2v) is 5.01. The third kappa shape index (κ3) is 3.08. The molecule has 1 atom stereocenters. The van der Waals surface area contributed by atoms with Crippen LogP contribution in [0.5, 0.6) is 0 Å². The zero-order valence-corrected chi connectivity index (χ0v) is 10.2. The van der Waals surface area contributed by atoms with Crippen molar-refractivity contribution < 1.29 is 19.9 Å². The molecule has 102 valence electrons. The van der Waals surface area contributed by atoms with Gasteiger partial charge in [0.2, 0.25) is 0 Å². The normalized spacial score (nSPS) is 26.9. The number of nitro benzene ring substituents is 1. The monoisotopic (exact) mass is 265 g/mol. The lowest BCUT2D eigenvalue weighted by Crippen LogP contribution is -2.16. The number of carbonyl (C=O) groups is 1. The van der Waals surface area contributed by atoms with Crippen LogP contribution in [-0.4, -0.2) is 27.2 Å². The summed E-state index contributed by atoms with van der Waals surface area (Å²) < 4.78 is 0. The molecule has 2 N–H and O–H groups in total. The van der Waals surface area contributed by atoms with Crippen LogP contribution in [0.15, 0.2) is 24.3 Å². The number of nitrogens with zero attached hydrogens (tertiary/aromatic N) is 1. The van der Waals surface area contributed by atoms with E-state index in [4.69, 9.17) is 10.2 Å². The summed E-state index contributed by atoms with van der Waals surface area (Å²) in [6, 6.07) is 4.70. The number of carboxylic acids is 1. The zero-order chi connectivity index (χ0) is 14.0. The number of fused-ring (bicyclic) bond motifs is 1. The molecule has 0 heterocycles. The van der Waals surface area contributed by atoms with E-state index in [0.717, 1.165) is 24.5 Å². The van der Waals surface area contributed by atoms with Crippen LogP contribution in [0, 0.1) is 22.0 Å². The van der Waals surface area contributed by atoms with Crippen LogP contribution in [0.25, 0.3) is 0 Å². The van der Waals surface area contributed by atoms with Crippen LogP contribution >= 0.6 is 0 Å². The van der Waals surface area contributed by atoms with Gasteiger partial charge >= 0.3 is 5.97 Å². The van der Waals surface area contributed by atoms with Gasteiger partial charge in [-0.15, -0.1) is 0 Å². The second kappa shape index (κ2) is 5.36. The van der Waals surface area contributed by atoms with Gasteiger partial charge < -0.3 is 10.2 Å². The largest absolute Gasteiger partial charge is 0.478 e. The molecule has 1 aromatic carbocycles. The molecule has 1 aromatic rings. The Balaban J connectivity index is 0.000000159. The topological polar surface area (TPSA) is 101 Å². The van der Waals surface area contributed by atoms with Crippen LogP contribution in [0.1, 0.15) is 29.6 Å². The molecule has 3 fully saturated rings. The van der Waals surface area contributed by atoms with Crippen LogP contribution in [-0.2, 0) is 0 Å². The fraction of sp³-hybridized carbons (Fsp3) is 0.462. The number of benzene rings is 1. The first-order valence-corrected chi connectivity index (χ1v) is 6.13. The lowest BCUT2D eigenvalue weighted by atomic mass is 9.84. The summed E-state index contributed by atoms with van der Waals surface area (Å²) in [5.41, 5.74) is -0.0689. The van der Waals surface area contributed by atoms with Crippen molar-refractivity contribution in [1.29, 1.82) is 0 Å². The predicted molar refractivity (Wildman–Crippen MR) is 66.9 cm³/mol. The molecule has 1 unspecified atom stereocenters. The van der Waals surface area contributed by atoms with Crippen molar-refractivity contribution in [2.24, 2.45) is 11.8 Å². The summed E-state index contributed by atoms with van der Waals surface area (Å²) in [5.74, 6) is 0.537. The molecular weight excluding hydrogens is 250 g/mol. The average Bonchev–Trinajstić information content (AvgIpc) is 2.86. The summed E-state index contributed by atoms with van der Waals surface area (Å²) >= 11 is 0. The van der Waals surface area contributed by atoms with Gasteiger partial charge in [0, 0.05) is 12.1 Å². The standard InChI is InChI=1S/C7H5NO4.C6H10O/c9-7(10)5-1-3-6(4-2-5)8(11)12;7-6-3-4-1-5(6)2-4/h1-4H,(H,9,10);4-7H,1-3H2. The fourth-order valence-corrected chi connectivity index (χ4v) is 2.55. The Labute approximate surface area is 109 Å². The fourth-order valence-electron chi connectivity index (χ4n) is 2.55. The highest BCUT2D eigenvalue weighted by Crippen LogP contribution is 2.48. The van der Waals surface area contributed by atoms with Gasteiger partial charge in [0.15, 0.2) is 0 Å². The van der Waals surface area contributed by atoms with E-state index < -0.39 is 10.9 Å². The summed E-state index contributed by atoms with van der Waals surface area (Å²) in [6.07, 6.45) is 3.83. The van der Waals surface area contributed by atoms with Gasteiger partial charge in [0.25, 0.3) is 5.69 Å². The van der Waals surface area contributed by atoms with Crippen molar-refractivity contribution >= 4 is 11.7 Å². The summed E-state index contributed by atoms with van der Waals surface area (Å²) in [7, 11) is 0. The van der Waals surface area contributed by atoms with Crippen LogP contribution in [0.4, 0.5) is 5.69 Å². The van der Waals surface area contributed by atoms with Crippen LogP contribution < -0.4 is 0 Å². The Bertz CT molecular complexity index is 445. The van der Waals surface area contributed by atoms with E-state index in [1.807, 2.05) is 0 Å². The van der Waals surface area contributed by atoms with Gasteiger partial charge in [0.1, 0.15) is 0 Å². The highest BCUT2D eigenvalue weighted by atomic mass is 16.6. The molecule has 3 aliphatic carbocycles. The molecule has 0 radical (unpaired) electrons. The molecular formula is C13H15NO5. The molecule has 6 heteroatoms. The smallest absolute Gasteiger partial charge is 0.335 e. The Morgan fingerprint density at radius 3 is 2.05 bits per heavy atom. The Morgan fingerprint density at radius 2 is 1.79 bits per heavy atom. The number of carboxylic acid groups (broad SMARTS) is 1. The predicted octanol–water partition coefficient (Wildman–Crippen LogP) is 2.07. The first-order chi connectivity index (χ1) is 8.97. The highest BCUT2D eigenvalue weighted by Gasteiger charge is 2.43. The van der Waals surface area contributed by atoms with E-state index in [9.17, 15) is 14.9 Å². The van der Waals surface area contributed by atoms with E-state index in [1.54, 1.807) is 0 Å². The van der Waals surface area contributed by atoms with Crippen LogP contribution in [0.2, 0.25) is 0 Å². The molecule has 0 amide bonds. The van der Waals surface area contributed by atoms with Gasteiger partial charge in [0.05, 0.1) is 16.6 Å². The van der Waals surface area contributed by atoms with E-state index in [2.05, 4.69) is 0 Å². The number of aromatic carboxylic acids is 1. The Kier molecular flexibility index (Phi) is 3.80. The number of non-ortho nitro benzene ring substituents is 1. The number of aliphatic hydroxyl groups is 1. The molecule has 3 saturated carbocycles. The number of rotatable bonds is 2. The third-order valence-corrected chi connectivity index (χ3v) is 3.72. The average molecular weight is 265 g/mol. The Hall–Kier alpha value is -1.95. The molecule has 19 heavy (non-hydrogen) atoms. The maximum absolute atomic E-state index is 10.3. The summed E-state index contributed by atoms with van der Waals surface area (Å²) in [6.45, 7) is 0. The van der Waals surface area contributed by atoms with Gasteiger partial charge in [-0.1, -0.05) is 0 Å². The maximum atomic E-state index is 10.3. The number of nitro groups is 1. The van der Waals surface area contributed by atoms with Gasteiger partial charge in [-0.2, -0.15) is 0 Å². The quantitative estimate of drug-likeness (QED) is 0.629. The minimum absolute atomic E-state index is 0.0422. The lowest BCUT2D eigenvalue weighted by molar-refractivity contribution is -0.384. The van der Waals surface area contributed by atoms with Gasteiger partial charge in [-0.05, 0) is 43.2 Å². The first kappa shape index (κ1) is 13.5. The van der Waals surface area contributed by atoms with E-state index in [0.29, 0.717) is 5.92 Å². The van der Waals surface area contributed by atoms with Crippen molar-refractivity contribution in [3.63, 3.8) is 0 Å². The van der Waals surface area contributed by atoms with Crippen LogP contribution in [0.3, 0.4) is 0 Å². The van der Waals surface area contributed by atoms with E-state index in [1.165, 1.54) is 25.0 Å². The van der Waals surface area contributed by atoms with Gasteiger partial charge in [-0.25, -0.2) is 4.79 Å². The third-order valence-electron chi connectivity index (χ3n) is 3.72. The molecule has 0 aromatic heterocycles. The molecule has 6 nitrogen and oxygen atoms in total. The molecule has 4 rings (SSSR count). The van der Waals surface area contributed by atoms with Crippen molar-refractivity contribution in [2.45, 2.75) is 25.4 Å². The molecule has 0 spiro atoms. The van der Waals surface area contributed by atoms with E-state index in [-0.39, 0.29) is 17.4 Å². The minimum Gasteiger partial charge on any atom is -0.478 e. The Morgan fingerprint density at radius 1 is 1.21 bits per heavy atom. The SMILES string of the molecule is O=C(O)c1ccc([N+](=O)[O-])cc1.OC1CC2CC1C2. The molecule has 0 aliphatic heterocycles. The minimum atomic E-state index is -1.09. The first-order valence-electron chi connectivity index (χ1n) is 6.13. The van der Waals surface area contributed by atoms with Crippen molar-refractivity contribution in [1.82, 2.24) is 0 Å². The number of hydrogen-bond donors (Lipinski definition) is 2. The lowest BCUT2D eigenvalue weighted by Gasteiger charge is -2.22.